The number of nitrogens with one attached hydrogen (secondary N) is 1. The van der Waals surface area contributed by atoms with E-state index < -0.39 is 10.0 Å². The molecule has 0 bridgehead atoms. The Hall–Kier alpha value is -2.28. The van der Waals surface area contributed by atoms with Crippen LogP contribution in [0.15, 0.2) is 42.6 Å². The van der Waals surface area contributed by atoms with E-state index in [-0.39, 0.29) is 17.7 Å². The molecule has 3 rings (SSSR count). The van der Waals surface area contributed by atoms with Gasteiger partial charge in [-0.05, 0) is 43.2 Å². The van der Waals surface area contributed by atoms with Gasteiger partial charge in [0.1, 0.15) is 5.69 Å². The van der Waals surface area contributed by atoms with Crippen LogP contribution in [0.5, 0.6) is 0 Å². The first-order chi connectivity index (χ1) is 11.4. The van der Waals surface area contributed by atoms with E-state index in [1.54, 1.807) is 36.3 Å². The summed E-state index contributed by atoms with van der Waals surface area (Å²) in [5, 5.41) is 0. The van der Waals surface area contributed by atoms with Gasteiger partial charge >= 0.3 is 0 Å². The van der Waals surface area contributed by atoms with Gasteiger partial charge in [0.15, 0.2) is 0 Å². The van der Waals surface area contributed by atoms with Gasteiger partial charge in [0, 0.05) is 19.8 Å². The van der Waals surface area contributed by atoms with Crippen LogP contribution < -0.4 is 4.31 Å². The highest BCUT2D eigenvalue weighted by Crippen LogP contribution is 2.28. The Bertz CT molecular complexity index is 831. The number of nitrogens with zero attached hydrogens (tertiary/aromatic N) is 2. The minimum Gasteiger partial charge on any atom is -0.357 e. The van der Waals surface area contributed by atoms with E-state index in [4.69, 9.17) is 0 Å². The molecule has 1 aliphatic heterocycles. The second kappa shape index (κ2) is 6.32. The molecule has 1 fully saturated rings. The normalized spacial score (nSPS) is 17.7. The van der Waals surface area contributed by atoms with E-state index in [1.165, 1.54) is 4.31 Å². The van der Waals surface area contributed by atoms with Crippen LogP contribution in [0.2, 0.25) is 0 Å². The van der Waals surface area contributed by atoms with Gasteiger partial charge in [0.2, 0.25) is 10.0 Å². The first-order valence-corrected chi connectivity index (χ1v) is 9.52. The average molecular weight is 347 g/mol. The number of benzene rings is 1. The van der Waals surface area contributed by atoms with Crippen LogP contribution in [-0.2, 0) is 10.0 Å². The molecular formula is C17H21N3O3S. The van der Waals surface area contributed by atoms with Gasteiger partial charge in [0.25, 0.3) is 5.91 Å². The second-order valence-electron chi connectivity index (χ2n) is 6.01. The summed E-state index contributed by atoms with van der Waals surface area (Å²) in [5.41, 5.74) is 2.09. The van der Waals surface area contributed by atoms with Gasteiger partial charge in [-0.25, -0.2) is 8.42 Å². The fourth-order valence-electron chi connectivity index (χ4n) is 2.92. The number of H-pyrrole nitrogens is 1. The molecule has 1 amide bonds. The van der Waals surface area contributed by atoms with Crippen molar-refractivity contribution in [1.29, 1.82) is 0 Å². The van der Waals surface area contributed by atoms with Crippen LogP contribution in [0.3, 0.4) is 0 Å². The third-order valence-electron chi connectivity index (χ3n) is 4.47. The predicted octanol–water partition coefficient (Wildman–Crippen LogP) is 2.39. The van der Waals surface area contributed by atoms with E-state index >= 15 is 0 Å². The van der Waals surface area contributed by atoms with E-state index in [1.807, 2.05) is 25.1 Å². The molecule has 1 N–H and O–H groups in total. The van der Waals surface area contributed by atoms with Crippen molar-refractivity contribution in [3.63, 3.8) is 0 Å². The van der Waals surface area contributed by atoms with Crippen LogP contribution in [0.1, 0.15) is 35.4 Å². The van der Waals surface area contributed by atoms with Gasteiger partial charge in [-0.1, -0.05) is 12.1 Å². The summed E-state index contributed by atoms with van der Waals surface area (Å²) in [6.45, 7) is 2.44. The molecule has 1 aliphatic rings. The fourth-order valence-corrected chi connectivity index (χ4v) is 4.48. The number of hydrogen-bond donors (Lipinski definition) is 1. The maximum Gasteiger partial charge on any atom is 0.270 e. The molecule has 1 unspecified atom stereocenters. The summed E-state index contributed by atoms with van der Waals surface area (Å²) < 4.78 is 25.7. The molecule has 128 valence electrons. The number of carbonyl (C=O) groups excluding carboxylic acids is 1. The van der Waals surface area contributed by atoms with Crippen LogP contribution in [0.4, 0.5) is 5.69 Å². The van der Waals surface area contributed by atoms with Gasteiger partial charge in [-0.3, -0.25) is 9.10 Å². The topological polar surface area (TPSA) is 73.5 Å². The first kappa shape index (κ1) is 16.6. The maximum absolute atomic E-state index is 12.5. The highest BCUT2D eigenvalue weighted by molar-refractivity contribution is 7.93. The third kappa shape index (κ3) is 3.03. The Balaban J connectivity index is 1.84. The number of aromatic amines is 1. The lowest BCUT2D eigenvalue weighted by Gasteiger charge is -2.26. The van der Waals surface area contributed by atoms with Crippen molar-refractivity contribution in [3.8, 4) is 0 Å². The smallest absolute Gasteiger partial charge is 0.270 e. The van der Waals surface area contributed by atoms with E-state index in [9.17, 15) is 13.2 Å². The molecule has 7 heteroatoms. The molecule has 24 heavy (non-hydrogen) atoms. The summed E-state index contributed by atoms with van der Waals surface area (Å²) in [4.78, 5) is 17.0. The van der Waals surface area contributed by atoms with Crippen LogP contribution in [0.25, 0.3) is 0 Å². The van der Waals surface area contributed by atoms with Crippen molar-refractivity contribution in [1.82, 2.24) is 9.88 Å². The summed E-state index contributed by atoms with van der Waals surface area (Å²) in [6.07, 6.45) is 2.36. The lowest BCUT2D eigenvalue weighted by Crippen LogP contribution is -2.30. The third-order valence-corrected chi connectivity index (χ3v) is 6.34. The lowest BCUT2D eigenvalue weighted by molar-refractivity contribution is 0.0737. The summed E-state index contributed by atoms with van der Waals surface area (Å²) >= 11 is 0. The van der Waals surface area contributed by atoms with E-state index in [2.05, 4.69) is 4.98 Å². The average Bonchev–Trinajstić information content (AvgIpc) is 3.22. The largest absolute Gasteiger partial charge is 0.357 e. The number of hydrogen-bond acceptors (Lipinski definition) is 3. The lowest BCUT2D eigenvalue weighted by atomic mass is 10.1. The molecular weight excluding hydrogens is 326 g/mol. The molecule has 0 spiro atoms. The second-order valence-corrected chi connectivity index (χ2v) is 8.03. The van der Waals surface area contributed by atoms with Crippen molar-refractivity contribution >= 4 is 21.6 Å². The number of rotatable bonds is 4. The number of amides is 1. The Morgan fingerprint density at radius 1 is 1.29 bits per heavy atom. The van der Waals surface area contributed by atoms with Crippen molar-refractivity contribution in [2.24, 2.45) is 0 Å². The molecule has 1 aromatic carbocycles. The van der Waals surface area contributed by atoms with Gasteiger partial charge < -0.3 is 9.88 Å². The number of sulfonamides is 1. The minimum atomic E-state index is -3.21. The highest BCUT2D eigenvalue weighted by Gasteiger charge is 2.29. The van der Waals surface area contributed by atoms with E-state index in [0.717, 1.165) is 5.56 Å². The predicted molar refractivity (Wildman–Crippen MR) is 93.5 cm³/mol. The molecule has 2 aromatic rings. The maximum atomic E-state index is 12.5. The van der Waals surface area contributed by atoms with Gasteiger partial charge in [0.05, 0.1) is 17.5 Å². The minimum absolute atomic E-state index is 0.105. The summed E-state index contributed by atoms with van der Waals surface area (Å²) in [5.74, 6) is 0.0875. The Morgan fingerprint density at radius 2 is 2.08 bits per heavy atom. The molecule has 1 aromatic heterocycles. The Kier molecular flexibility index (Phi) is 4.36. The highest BCUT2D eigenvalue weighted by atomic mass is 32.2. The van der Waals surface area contributed by atoms with Crippen LogP contribution in [-0.4, -0.2) is 43.6 Å². The quantitative estimate of drug-likeness (QED) is 0.923. The van der Waals surface area contributed by atoms with Crippen molar-refractivity contribution in [2.45, 2.75) is 19.4 Å². The molecule has 2 heterocycles. The summed E-state index contributed by atoms with van der Waals surface area (Å²) in [7, 11) is -1.46. The van der Waals surface area contributed by atoms with Gasteiger partial charge in [-0.2, -0.15) is 0 Å². The Labute approximate surface area is 142 Å². The summed E-state index contributed by atoms with van der Waals surface area (Å²) in [6, 6.07) is 10.7. The molecule has 6 nitrogen and oxygen atoms in total. The molecule has 1 saturated heterocycles. The molecule has 0 aliphatic carbocycles. The van der Waals surface area contributed by atoms with E-state index in [0.29, 0.717) is 24.3 Å². The zero-order valence-electron chi connectivity index (χ0n) is 13.8. The zero-order valence-corrected chi connectivity index (χ0v) is 14.6. The number of aromatic nitrogens is 1. The zero-order chi connectivity index (χ0) is 17.3. The van der Waals surface area contributed by atoms with Crippen molar-refractivity contribution in [2.75, 3.05) is 23.7 Å². The van der Waals surface area contributed by atoms with Crippen molar-refractivity contribution in [3.05, 3.63) is 53.9 Å². The van der Waals surface area contributed by atoms with Crippen molar-refractivity contribution < 1.29 is 13.2 Å². The molecule has 0 saturated carbocycles. The number of carbonyl (C=O) groups is 1. The SMILES string of the molecule is CC(c1cccc(N2CCCS2(=O)=O)c1)N(C)C(=O)c1ccc[nH]1. The van der Waals surface area contributed by atoms with Crippen LogP contribution in [0, 0.1) is 0 Å². The molecule has 1 atom stereocenters. The Morgan fingerprint density at radius 3 is 2.71 bits per heavy atom. The van der Waals surface area contributed by atoms with Gasteiger partial charge in [-0.15, -0.1) is 0 Å². The number of anilines is 1. The van der Waals surface area contributed by atoms with Crippen LogP contribution >= 0.6 is 0 Å². The molecule has 0 radical (unpaired) electrons. The monoisotopic (exact) mass is 347 g/mol. The fraction of sp³-hybridized carbons (Fsp3) is 0.353. The standard InChI is InChI=1S/C17H21N3O3S/c1-13(19(2)17(21)16-8-4-9-18-16)14-6-3-7-15(12-14)20-10-5-11-24(20,22)23/h3-4,6-9,12-13,18H,5,10-11H2,1-2H3. The first-order valence-electron chi connectivity index (χ1n) is 7.91.